The standard InChI is InChI=1S/C12H26.6C10H20O2/c1-3-5-7-9-11-12-10-8-6-4-2;6*1-2-3-4-5-6-7-8-9-10(11)12/h3-12H2,1-2H3;6*2-9H2,1H3,(H,11,12). The third-order valence-corrected chi connectivity index (χ3v) is 14.4. The highest BCUT2D eigenvalue weighted by Crippen LogP contribution is 2.14. The number of rotatable bonds is 57. The molecule has 0 spiro atoms. The van der Waals surface area contributed by atoms with Crippen LogP contribution in [0.4, 0.5) is 0 Å². The molecule has 84 heavy (non-hydrogen) atoms. The maximum Gasteiger partial charge on any atom is 0.303 e. The lowest BCUT2D eigenvalue weighted by atomic mass is 10.1. The summed E-state index contributed by atoms with van der Waals surface area (Å²) in [5, 5.41) is 50.1. The molecule has 0 unspecified atom stereocenters. The Morgan fingerprint density at radius 3 is 0.286 bits per heavy atom. The molecule has 0 aromatic carbocycles. The van der Waals surface area contributed by atoms with Crippen LogP contribution in [0.25, 0.3) is 0 Å². The number of hydrogen-bond donors (Lipinski definition) is 6. The average molecular weight is 1200 g/mol. The first-order valence-corrected chi connectivity index (χ1v) is 35.8. The molecule has 0 saturated heterocycles. The third-order valence-electron chi connectivity index (χ3n) is 14.4. The molecule has 0 radical (unpaired) electrons. The van der Waals surface area contributed by atoms with Crippen molar-refractivity contribution in [2.75, 3.05) is 0 Å². The van der Waals surface area contributed by atoms with Crippen LogP contribution in [0, 0.1) is 0 Å². The molecule has 0 aliphatic carbocycles. The third kappa shape index (κ3) is 133. The first-order valence-electron chi connectivity index (χ1n) is 35.8. The van der Waals surface area contributed by atoms with Crippen LogP contribution < -0.4 is 0 Å². The maximum absolute atomic E-state index is 10.1. The van der Waals surface area contributed by atoms with Gasteiger partial charge in [-0.3, -0.25) is 28.8 Å². The Morgan fingerprint density at radius 2 is 0.214 bits per heavy atom. The Morgan fingerprint density at radius 1 is 0.143 bits per heavy atom. The molecule has 0 amide bonds. The van der Waals surface area contributed by atoms with E-state index in [4.69, 9.17) is 30.6 Å². The highest BCUT2D eigenvalue weighted by atomic mass is 16.4. The summed E-state index contributed by atoms with van der Waals surface area (Å²) < 4.78 is 0. The summed E-state index contributed by atoms with van der Waals surface area (Å²) in [4.78, 5) is 60.8. The smallest absolute Gasteiger partial charge is 0.303 e. The van der Waals surface area contributed by atoms with E-state index in [0.29, 0.717) is 38.5 Å². The summed E-state index contributed by atoms with van der Waals surface area (Å²) in [6.07, 6.45) is 66.3. The predicted molar refractivity (Wildman–Crippen MR) is 359 cm³/mol. The van der Waals surface area contributed by atoms with Gasteiger partial charge < -0.3 is 30.6 Å². The van der Waals surface area contributed by atoms with Crippen LogP contribution in [-0.2, 0) is 28.8 Å². The molecule has 0 aromatic heterocycles. The minimum absolute atomic E-state index is 0.341. The first-order chi connectivity index (χ1) is 40.5. The van der Waals surface area contributed by atoms with Gasteiger partial charge in [0.05, 0.1) is 0 Å². The summed E-state index contributed by atoms with van der Waals surface area (Å²) in [5.41, 5.74) is 0. The van der Waals surface area contributed by atoms with Gasteiger partial charge in [-0.2, -0.15) is 0 Å². The van der Waals surface area contributed by atoms with Crippen LogP contribution in [0.2, 0.25) is 0 Å². The molecule has 0 atom stereocenters. The average Bonchev–Trinajstić information content (AvgIpc) is 3.45. The van der Waals surface area contributed by atoms with Gasteiger partial charge in [-0.15, -0.1) is 0 Å². The van der Waals surface area contributed by atoms with Crippen molar-refractivity contribution in [1.29, 1.82) is 0 Å². The number of carboxylic acids is 6. The monoisotopic (exact) mass is 1200 g/mol. The van der Waals surface area contributed by atoms with Crippen LogP contribution in [-0.4, -0.2) is 66.5 Å². The van der Waals surface area contributed by atoms with Crippen LogP contribution >= 0.6 is 0 Å². The zero-order valence-corrected chi connectivity index (χ0v) is 57.1. The van der Waals surface area contributed by atoms with Crippen molar-refractivity contribution in [1.82, 2.24) is 0 Å². The van der Waals surface area contributed by atoms with Crippen molar-refractivity contribution in [2.24, 2.45) is 0 Å². The molecule has 0 fully saturated rings. The van der Waals surface area contributed by atoms with Gasteiger partial charge in [0.15, 0.2) is 0 Å². The second kappa shape index (κ2) is 93.5. The molecule has 0 rings (SSSR count). The van der Waals surface area contributed by atoms with E-state index in [1.54, 1.807) is 0 Å². The van der Waals surface area contributed by atoms with Gasteiger partial charge >= 0.3 is 35.8 Å². The zero-order valence-electron chi connectivity index (χ0n) is 57.1. The van der Waals surface area contributed by atoms with Crippen molar-refractivity contribution in [2.45, 2.75) is 428 Å². The maximum atomic E-state index is 10.1. The number of hydrogen-bond acceptors (Lipinski definition) is 6. The van der Waals surface area contributed by atoms with Gasteiger partial charge in [0.25, 0.3) is 0 Å². The fourth-order valence-electron chi connectivity index (χ4n) is 8.96. The van der Waals surface area contributed by atoms with Crippen molar-refractivity contribution in [3.8, 4) is 0 Å². The zero-order chi connectivity index (χ0) is 64.5. The second-order valence-corrected chi connectivity index (χ2v) is 23.4. The molecule has 0 aromatic rings. The summed E-state index contributed by atoms with van der Waals surface area (Å²) in [6, 6.07) is 0. The van der Waals surface area contributed by atoms with Gasteiger partial charge in [-0.25, -0.2) is 0 Å². The molecule has 12 heteroatoms. The van der Waals surface area contributed by atoms with Crippen molar-refractivity contribution >= 4 is 35.8 Å². The Hall–Kier alpha value is -3.18. The minimum Gasteiger partial charge on any atom is -0.481 e. The first kappa shape index (κ1) is 94.5. The molecule has 6 N–H and O–H groups in total. The largest absolute Gasteiger partial charge is 0.481 e. The van der Waals surface area contributed by atoms with Gasteiger partial charge in [0, 0.05) is 38.5 Å². The number of carboxylic acid groups (broad SMARTS) is 6. The lowest BCUT2D eigenvalue weighted by molar-refractivity contribution is -0.138. The summed E-state index contributed by atoms with van der Waals surface area (Å²) >= 11 is 0. The molecular weight excluding hydrogens is 1060 g/mol. The van der Waals surface area contributed by atoms with Gasteiger partial charge in [-0.1, -0.05) is 351 Å². The fraction of sp³-hybridized carbons (Fsp3) is 0.917. The number of unbranched alkanes of at least 4 members (excludes halogenated alkanes) is 45. The molecule has 0 aliphatic rings. The normalized spacial score (nSPS) is 10.1. The van der Waals surface area contributed by atoms with Crippen LogP contribution in [0.3, 0.4) is 0 Å². The highest BCUT2D eigenvalue weighted by Gasteiger charge is 2.01. The van der Waals surface area contributed by atoms with E-state index in [1.165, 1.54) is 257 Å². The molecule has 506 valence electrons. The van der Waals surface area contributed by atoms with E-state index < -0.39 is 35.8 Å². The fourth-order valence-corrected chi connectivity index (χ4v) is 8.96. The van der Waals surface area contributed by atoms with Crippen LogP contribution in [0.15, 0.2) is 0 Å². The number of aliphatic carboxylic acids is 6. The minimum atomic E-state index is -0.663. The molecule has 0 heterocycles. The quantitative estimate of drug-likeness (QED) is 0.0313. The summed E-state index contributed by atoms with van der Waals surface area (Å²) in [6.45, 7) is 17.8. The SMILES string of the molecule is CCCCCCCCCC(=O)O.CCCCCCCCCC(=O)O.CCCCCCCCCC(=O)O.CCCCCCCCCC(=O)O.CCCCCCCCCC(=O)O.CCCCCCCCCC(=O)O.CCCCCCCCCCCC. The van der Waals surface area contributed by atoms with Crippen LogP contribution in [0.1, 0.15) is 428 Å². The van der Waals surface area contributed by atoms with E-state index in [-0.39, 0.29) is 0 Å². The highest BCUT2D eigenvalue weighted by molar-refractivity contribution is 5.68. The van der Waals surface area contributed by atoms with Gasteiger partial charge in [0.1, 0.15) is 0 Å². The second-order valence-electron chi connectivity index (χ2n) is 23.4. The van der Waals surface area contributed by atoms with E-state index in [9.17, 15) is 28.8 Å². The predicted octanol–water partition coefficient (Wildman–Crippen LogP) is 24.2. The van der Waals surface area contributed by atoms with E-state index >= 15 is 0 Å². The van der Waals surface area contributed by atoms with Crippen molar-refractivity contribution in [3.05, 3.63) is 0 Å². The molecule has 12 nitrogen and oxygen atoms in total. The molecule has 0 bridgehead atoms. The Kier molecular flexibility index (Phi) is 105. The van der Waals surface area contributed by atoms with Crippen LogP contribution in [0.5, 0.6) is 0 Å². The van der Waals surface area contributed by atoms with E-state index in [0.717, 1.165) is 77.0 Å². The summed E-state index contributed by atoms with van der Waals surface area (Å²) in [7, 11) is 0. The lowest BCUT2D eigenvalue weighted by Crippen LogP contribution is -1.93. The Labute approximate surface area is 520 Å². The van der Waals surface area contributed by atoms with E-state index in [1.807, 2.05) is 0 Å². The van der Waals surface area contributed by atoms with Crippen molar-refractivity contribution in [3.63, 3.8) is 0 Å². The van der Waals surface area contributed by atoms with Crippen molar-refractivity contribution < 1.29 is 59.4 Å². The van der Waals surface area contributed by atoms with Gasteiger partial charge in [-0.05, 0) is 38.5 Å². The molecule has 0 saturated carbocycles. The lowest BCUT2D eigenvalue weighted by Gasteiger charge is -1.99. The number of carbonyl (C=O) groups is 6. The van der Waals surface area contributed by atoms with Gasteiger partial charge in [0.2, 0.25) is 0 Å². The Balaban J connectivity index is -0.000000165. The topological polar surface area (TPSA) is 224 Å². The summed E-state index contributed by atoms with van der Waals surface area (Å²) in [5.74, 6) is -3.98. The molecule has 0 aliphatic heterocycles. The molecular formula is C72H146O12. The van der Waals surface area contributed by atoms with E-state index in [2.05, 4.69) is 55.4 Å². The Bertz CT molecular complexity index is 1030.